The van der Waals surface area contributed by atoms with Crippen molar-refractivity contribution in [3.05, 3.63) is 29.8 Å². The number of carbonyl (C=O) groups is 1. The largest absolute Gasteiger partial charge is 0.352 e. The van der Waals surface area contributed by atoms with E-state index in [0.717, 1.165) is 31.6 Å². The Bertz CT molecular complexity index is 650. The van der Waals surface area contributed by atoms with Gasteiger partial charge < -0.3 is 5.32 Å². The zero-order valence-corrected chi connectivity index (χ0v) is 16.1. The zero-order valence-electron chi connectivity index (χ0n) is 15.3. The molecular formula is C19H30N2O3S. The highest BCUT2D eigenvalue weighted by molar-refractivity contribution is 7.89. The lowest BCUT2D eigenvalue weighted by atomic mass is 10.0. The summed E-state index contributed by atoms with van der Waals surface area (Å²) in [7, 11) is -3.46. The molecule has 1 amide bonds. The molecule has 140 valence electrons. The SMILES string of the molecule is CC(C)CCCCCCNC(=O)c1ccc(S(=O)(=O)NC2CC2)cc1. The van der Waals surface area contributed by atoms with Crippen LogP contribution in [0, 0.1) is 5.92 Å². The third kappa shape index (κ3) is 7.16. The minimum atomic E-state index is -3.46. The van der Waals surface area contributed by atoms with Crippen LogP contribution in [0.25, 0.3) is 0 Å². The van der Waals surface area contributed by atoms with Gasteiger partial charge in [-0.2, -0.15) is 0 Å². The number of benzene rings is 1. The summed E-state index contributed by atoms with van der Waals surface area (Å²) < 4.78 is 26.8. The Balaban J connectivity index is 1.71. The van der Waals surface area contributed by atoms with Gasteiger partial charge in [0.05, 0.1) is 4.90 Å². The molecule has 5 nitrogen and oxygen atoms in total. The van der Waals surface area contributed by atoms with Crippen LogP contribution in [-0.4, -0.2) is 26.9 Å². The third-order valence-corrected chi connectivity index (χ3v) is 5.86. The fourth-order valence-corrected chi connectivity index (χ4v) is 3.91. The second kappa shape index (κ2) is 9.34. The first-order valence-electron chi connectivity index (χ1n) is 9.29. The molecule has 0 saturated heterocycles. The van der Waals surface area contributed by atoms with Crippen molar-refractivity contribution < 1.29 is 13.2 Å². The van der Waals surface area contributed by atoms with E-state index in [0.29, 0.717) is 12.1 Å². The molecule has 2 N–H and O–H groups in total. The number of nitrogens with one attached hydrogen (secondary N) is 2. The number of unbranched alkanes of at least 4 members (excludes halogenated alkanes) is 3. The van der Waals surface area contributed by atoms with Gasteiger partial charge in [0.15, 0.2) is 0 Å². The normalized spacial score (nSPS) is 14.7. The molecule has 0 spiro atoms. The molecule has 6 heteroatoms. The lowest BCUT2D eigenvalue weighted by Crippen LogP contribution is -2.26. The van der Waals surface area contributed by atoms with Gasteiger partial charge in [0.2, 0.25) is 10.0 Å². The van der Waals surface area contributed by atoms with Crippen molar-refractivity contribution in [2.45, 2.75) is 69.7 Å². The van der Waals surface area contributed by atoms with Gasteiger partial charge in [0.25, 0.3) is 5.91 Å². The predicted octanol–water partition coefficient (Wildman–Crippen LogP) is 3.46. The van der Waals surface area contributed by atoms with E-state index >= 15 is 0 Å². The summed E-state index contributed by atoms with van der Waals surface area (Å²) in [5, 5.41) is 2.90. The highest BCUT2D eigenvalue weighted by Crippen LogP contribution is 2.22. The molecule has 1 aliphatic carbocycles. The highest BCUT2D eigenvalue weighted by atomic mass is 32.2. The Hall–Kier alpha value is -1.40. The Morgan fingerprint density at radius 2 is 1.72 bits per heavy atom. The maximum atomic E-state index is 12.1. The molecule has 0 unspecified atom stereocenters. The van der Waals surface area contributed by atoms with Crippen LogP contribution in [0.5, 0.6) is 0 Å². The first-order valence-corrected chi connectivity index (χ1v) is 10.8. The molecule has 1 fully saturated rings. The zero-order chi connectivity index (χ0) is 18.3. The average molecular weight is 367 g/mol. The van der Waals surface area contributed by atoms with Crippen molar-refractivity contribution in [3.8, 4) is 0 Å². The fraction of sp³-hybridized carbons (Fsp3) is 0.632. The summed E-state index contributed by atoms with van der Waals surface area (Å²) in [6.07, 6.45) is 7.61. The van der Waals surface area contributed by atoms with Gasteiger partial charge in [-0.3, -0.25) is 4.79 Å². The predicted molar refractivity (Wildman–Crippen MR) is 100 cm³/mol. The van der Waals surface area contributed by atoms with Crippen LogP contribution in [0.15, 0.2) is 29.2 Å². The second-order valence-corrected chi connectivity index (χ2v) is 8.99. The quantitative estimate of drug-likeness (QED) is 0.589. The fourth-order valence-electron chi connectivity index (χ4n) is 2.61. The second-order valence-electron chi connectivity index (χ2n) is 7.27. The topological polar surface area (TPSA) is 75.3 Å². The Labute approximate surface area is 151 Å². The molecule has 1 saturated carbocycles. The summed E-state index contributed by atoms with van der Waals surface area (Å²) in [6.45, 7) is 5.13. The van der Waals surface area contributed by atoms with E-state index in [1.807, 2.05) is 0 Å². The standard InChI is InChI=1S/C19H30N2O3S/c1-15(2)7-5-3-4-6-14-20-19(22)16-8-12-18(13-9-16)25(23,24)21-17-10-11-17/h8-9,12-13,15,17,21H,3-7,10-11,14H2,1-2H3,(H,20,22). The molecule has 0 radical (unpaired) electrons. The van der Waals surface area contributed by atoms with E-state index in [1.54, 1.807) is 12.1 Å². The number of sulfonamides is 1. The van der Waals surface area contributed by atoms with Crippen LogP contribution >= 0.6 is 0 Å². The van der Waals surface area contributed by atoms with E-state index in [1.165, 1.54) is 31.4 Å². The van der Waals surface area contributed by atoms with Crippen LogP contribution in [0.1, 0.15) is 69.2 Å². The van der Waals surface area contributed by atoms with E-state index < -0.39 is 10.0 Å². The van der Waals surface area contributed by atoms with Crippen molar-refractivity contribution in [3.63, 3.8) is 0 Å². The van der Waals surface area contributed by atoms with Crippen LogP contribution in [0.2, 0.25) is 0 Å². The lowest BCUT2D eigenvalue weighted by molar-refractivity contribution is 0.0953. The van der Waals surface area contributed by atoms with Gasteiger partial charge in [-0.05, 0) is 49.4 Å². The van der Waals surface area contributed by atoms with Crippen LogP contribution in [0.4, 0.5) is 0 Å². The Morgan fingerprint density at radius 3 is 2.32 bits per heavy atom. The number of hydrogen-bond donors (Lipinski definition) is 2. The van der Waals surface area contributed by atoms with Crippen LogP contribution < -0.4 is 10.0 Å². The minimum Gasteiger partial charge on any atom is -0.352 e. The van der Waals surface area contributed by atoms with Gasteiger partial charge in [-0.15, -0.1) is 0 Å². The summed E-state index contributed by atoms with van der Waals surface area (Å²) in [4.78, 5) is 12.3. The average Bonchev–Trinajstić information content (AvgIpc) is 3.37. The molecule has 0 aliphatic heterocycles. The lowest BCUT2D eigenvalue weighted by Gasteiger charge is -2.08. The number of hydrogen-bond acceptors (Lipinski definition) is 3. The van der Waals surface area contributed by atoms with Gasteiger partial charge in [0, 0.05) is 18.2 Å². The molecular weight excluding hydrogens is 336 g/mol. The maximum Gasteiger partial charge on any atom is 0.251 e. The monoisotopic (exact) mass is 366 g/mol. The number of carbonyl (C=O) groups excluding carboxylic acids is 1. The molecule has 1 aromatic carbocycles. The van der Waals surface area contributed by atoms with Crippen molar-refractivity contribution in [2.24, 2.45) is 5.92 Å². The molecule has 0 aromatic heterocycles. The molecule has 2 rings (SSSR count). The van der Waals surface area contributed by atoms with E-state index in [-0.39, 0.29) is 16.8 Å². The van der Waals surface area contributed by atoms with Gasteiger partial charge in [-0.1, -0.05) is 39.5 Å². The van der Waals surface area contributed by atoms with Crippen LogP contribution in [0.3, 0.4) is 0 Å². The molecule has 25 heavy (non-hydrogen) atoms. The smallest absolute Gasteiger partial charge is 0.251 e. The van der Waals surface area contributed by atoms with Crippen molar-refractivity contribution >= 4 is 15.9 Å². The van der Waals surface area contributed by atoms with Crippen molar-refractivity contribution in [1.82, 2.24) is 10.0 Å². The Kier molecular flexibility index (Phi) is 7.44. The summed E-state index contributed by atoms with van der Waals surface area (Å²) >= 11 is 0. The molecule has 0 heterocycles. The summed E-state index contributed by atoms with van der Waals surface area (Å²) in [5.74, 6) is 0.604. The van der Waals surface area contributed by atoms with Gasteiger partial charge >= 0.3 is 0 Å². The summed E-state index contributed by atoms with van der Waals surface area (Å²) in [6, 6.07) is 6.20. The molecule has 1 aromatic rings. The molecule has 1 aliphatic rings. The number of rotatable bonds is 11. The van der Waals surface area contributed by atoms with E-state index in [4.69, 9.17) is 0 Å². The number of amides is 1. The van der Waals surface area contributed by atoms with E-state index in [9.17, 15) is 13.2 Å². The van der Waals surface area contributed by atoms with Gasteiger partial charge in [0.1, 0.15) is 0 Å². The molecule has 0 atom stereocenters. The first kappa shape index (κ1) is 19.9. The van der Waals surface area contributed by atoms with Gasteiger partial charge in [-0.25, -0.2) is 13.1 Å². The highest BCUT2D eigenvalue weighted by Gasteiger charge is 2.27. The van der Waals surface area contributed by atoms with Crippen molar-refractivity contribution in [2.75, 3.05) is 6.54 Å². The molecule has 0 bridgehead atoms. The maximum absolute atomic E-state index is 12.1. The minimum absolute atomic E-state index is 0.0773. The van der Waals surface area contributed by atoms with E-state index in [2.05, 4.69) is 23.9 Å². The Morgan fingerprint density at radius 1 is 1.08 bits per heavy atom. The summed E-state index contributed by atoms with van der Waals surface area (Å²) in [5.41, 5.74) is 0.491. The first-order chi connectivity index (χ1) is 11.9. The van der Waals surface area contributed by atoms with Crippen LogP contribution in [-0.2, 0) is 10.0 Å². The van der Waals surface area contributed by atoms with Crippen molar-refractivity contribution in [1.29, 1.82) is 0 Å². The third-order valence-electron chi connectivity index (χ3n) is 4.32.